The summed E-state index contributed by atoms with van der Waals surface area (Å²) in [5.41, 5.74) is 0.327. The number of hydrogen-bond donors (Lipinski definition) is 3. The standard InChI is InChI=1S/C25H27F3N4O3/c1-12(15-4-3-5-16(18(15)26)23(27)28)29-24-20-19(30-13(2)31-24)17-8-11-35-21(17)22(32-20)25(34)9-6-14(33)7-10-25/h3-5,12,14,23,33-34H,6-11H2,1-2H3,(H,29,30,31)/t12-,14?,25?/m1/s1. The van der Waals surface area contributed by atoms with Crippen LogP contribution in [0.1, 0.15) is 73.3 Å². The highest BCUT2D eigenvalue weighted by atomic mass is 19.3. The Hall–Kier alpha value is -2.98. The number of benzene rings is 1. The number of nitrogens with zero attached hydrogens (tertiary/aromatic N) is 3. The van der Waals surface area contributed by atoms with Crippen molar-refractivity contribution >= 4 is 16.9 Å². The molecular formula is C25H27F3N4O3. The van der Waals surface area contributed by atoms with Gasteiger partial charge in [0.25, 0.3) is 6.43 Å². The SMILES string of the molecule is Cc1nc(N[C@H](C)c2cccc(C(F)F)c2F)c2nc(C3(O)CCC(O)CC3)c3c(c2n1)CCO3. The maximum Gasteiger partial charge on any atom is 0.266 e. The highest BCUT2D eigenvalue weighted by molar-refractivity contribution is 5.90. The number of fused-ring (bicyclic) bond motifs is 3. The number of anilines is 1. The second-order valence-electron chi connectivity index (χ2n) is 9.36. The lowest BCUT2D eigenvalue weighted by atomic mass is 9.80. The number of rotatable bonds is 5. The molecule has 0 unspecified atom stereocenters. The maximum atomic E-state index is 14.8. The van der Waals surface area contributed by atoms with Crippen molar-refractivity contribution < 1.29 is 28.1 Å². The number of aliphatic hydroxyl groups is 2. The Morgan fingerprint density at radius 1 is 1.11 bits per heavy atom. The minimum Gasteiger partial charge on any atom is -0.491 e. The van der Waals surface area contributed by atoms with Crippen LogP contribution in [0.4, 0.5) is 19.0 Å². The number of aromatic nitrogens is 3. The fraction of sp³-hybridized carbons (Fsp3) is 0.480. The molecular weight excluding hydrogens is 461 g/mol. The Labute approximate surface area is 200 Å². The summed E-state index contributed by atoms with van der Waals surface area (Å²) in [4.78, 5) is 13.8. The zero-order chi connectivity index (χ0) is 24.9. The number of halogens is 3. The molecule has 35 heavy (non-hydrogen) atoms. The molecule has 0 radical (unpaired) electrons. The molecule has 5 rings (SSSR count). The third kappa shape index (κ3) is 4.18. The summed E-state index contributed by atoms with van der Waals surface area (Å²) < 4.78 is 47.1. The Morgan fingerprint density at radius 2 is 1.83 bits per heavy atom. The number of nitrogens with one attached hydrogen (secondary N) is 1. The predicted octanol–water partition coefficient (Wildman–Crippen LogP) is 4.64. The zero-order valence-corrected chi connectivity index (χ0v) is 19.5. The Kier molecular flexibility index (Phi) is 6.04. The Morgan fingerprint density at radius 3 is 2.54 bits per heavy atom. The normalized spacial score (nSPS) is 22.8. The number of alkyl halides is 2. The summed E-state index contributed by atoms with van der Waals surface area (Å²) in [7, 11) is 0. The first-order valence-corrected chi connectivity index (χ1v) is 11.8. The summed E-state index contributed by atoms with van der Waals surface area (Å²) in [6.45, 7) is 3.81. The van der Waals surface area contributed by atoms with Crippen molar-refractivity contribution in [1.82, 2.24) is 15.0 Å². The maximum absolute atomic E-state index is 14.8. The first-order chi connectivity index (χ1) is 16.7. The van der Waals surface area contributed by atoms with Crippen molar-refractivity contribution in [2.24, 2.45) is 0 Å². The van der Waals surface area contributed by atoms with Gasteiger partial charge in [0, 0.05) is 17.5 Å². The fourth-order valence-corrected chi connectivity index (χ4v) is 5.03. The number of hydrogen-bond acceptors (Lipinski definition) is 7. The van der Waals surface area contributed by atoms with E-state index < -0.39 is 35.6 Å². The highest BCUT2D eigenvalue weighted by Crippen LogP contribution is 2.45. The molecule has 1 aromatic carbocycles. The molecule has 3 N–H and O–H groups in total. The van der Waals surface area contributed by atoms with E-state index >= 15 is 0 Å². The van der Waals surface area contributed by atoms with Crippen LogP contribution in [-0.4, -0.2) is 37.9 Å². The molecule has 1 saturated carbocycles. The van der Waals surface area contributed by atoms with Gasteiger partial charge in [-0.3, -0.25) is 0 Å². The molecule has 1 atom stereocenters. The van der Waals surface area contributed by atoms with Gasteiger partial charge in [-0.05, 0) is 39.5 Å². The van der Waals surface area contributed by atoms with Crippen LogP contribution in [0.25, 0.3) is 11.0 Å². The van der Waals surface area contributed by atoms with Crippen LogP contribution in [0.15, 0.2) is 18.2 Å². The van der Waals surface area contributed by atoms with E-state index in [9.17, 15) is 23.4 Å². The van der Waals surface area contributed by atoms with Crippen molar-refractivity contribution in [3.8, 4) is 5.75 Å². The summed E-state index contributed by atoms with van der Waals surface area (Å²) >= 11 is 0. The number of ether oxygens (including phenoxy) is 1. The molecule has 2 aliphatic rings. The summed E-state index contributed by atoms with van der Waals surface area (Å²) in [6, 6.07) is 3.22. The largest absolute Gasteiger partial charge is 0.491 e. The Balaban J connectivity index is 1.61. The summed E-state index contributed by atoms with van der Waals surface area (Å²) in [6.07, 6.45) is -1.26. The average molecular weight is 489 g/mol. The van der Waals surface area contributed by atoms with Crippen molar-refractivity contribution in [3.63, 3.8) is 0 Å². The van der Waals surface area contributed by atoms with Gasteiger partial charge in [0.05, 0.1) is 24.3 Å². The molecule has 1 fully saturated rings. The zero-order valence-electron chi connectivity index (χ0n) is 19.5. The van der Waals surface area contributed by atoms with E-state index in [0.29, 0.717) is 72.8 Å². The smallest absolute Gasteiger partial charge is 0.266 e. The molecule has 0 amide bonds. The van der Waals surface area contributed by atoms with Crippen LogP contribution in [0.3, 0.4) is 0 Å². The van der Waals surface area contributed by atoms with Gasteiger partial charge in [0.1, 0.15) is 39.7 Å². The van der Waals surface area contributed by atoms with E-state index in [1.807, 2.05) is 0 Å². The lowest BCUT2D eigenvalue weighted by molar-refractivity contribution is -0.0404. The highest BCUT2D eigenvalue weighted by Gasteiger charge is 2.41. The predicted molar refractivity (Wildman–Crippen MR) is 123 cm³/mol. The second kappa shape index (κ2) is 8.91. The van der Waals surface area contributed by atoms with E-state index in [1.54, 1.807) is 13.8 Å². The molecule has 0 spiro atoms. The van der Waals surface area contributed by atoms with Gasteiger partial charge < -0.3 is 20.3 Å². The molecule has 186 valence electrons. The van der Waals surface area contributed by atoms with Crippen LogP contribution in [0.5, 0.6) is 5.75 Å². The minimum absolute atomic E-state index is 0.0804. The lowest BCUT2D eigenvalue weighted by Gasteiger charge is -2.34. The van der Waals surface area contributed by atoms with Crippen molar-refractivity contribution in [1.29, 1.82) is 0 Å². The third-order valence-electron chi connectivity index (χ3n) is 6.93. The van der Waals surface area contributed by atoms with Crippen LogP contribution in [-0.2, 0) is 12.0 Å². The number of pyridine rings is 1. The van der Waals surface area contributed by atoms with Gasteiger partial charge in [-0.15, -0.1) is 0 Å². The van der Waals surface area contributed by atoms with Crippen LogP contribution >= 0.6 is 0 Å². The van der Waals surface area contributed by atoms with Crippen molar-refractivity contribution in [2.75, 3.05) is 11.9 Å². The topological polar surface area (TPSA) is 100 Å². The second-order valence-corrected chi connectivity index (χ2v) is 9.36. The van der Waals surface area contributed by atoms with Gasteiger partial charge in [0.2, 0.25) is 0 Å². The van der Waals surface area contributed by atoms with Crippen molar-refractivity contribution in [3.05, 3.63) is 52.2 Å². The molecule has 10 heteroatoms. The molecule has 3 heterocycles. The van der Waals surface area contributed by atoms with Gasteiger partial charge >= 0.3 is 0 Å². The van der Waals surface area contributed by atoms with Gasteiger partial charge in [0.15, 0.2) is 5.82 Å². The third-order valence-corrected chi connectivity index (χ3v) is 6.93. The van der Waals surface area contributed by atoms with E-state index in [-0.39, 0.29) is 5.56 Å². The first kappa shape index (κ1) is 23.7. The van der Waals surface area contributed by atoms with Crippen LogP contribution < -0.4 is 10.1 Å². The Bertz CT molecular complexity index is 1280. The van der Waals surface area contributed by atoms with E-state index in [0.717, 1.165) is 11.6 Å². The first-order valence-electron chi connectivity index (χ1n) is 11.8. The molecule has 1 aliphatic heterocycles. The van der Waals surface area contributed by atoms with E-state index in [1.165, 1.54) is 12.1 Å². The fourth-order valence-electron chi connectivity index (χ4n) is 5.03. The monoisotopic (exact) mass is 488 g/mol. The average Bonchev–Trinajstić information content (AvgIpc) is 3.31. The molecule has 2 aromatic heterocycles. The quantitative estimate of drug-likeness (QED) is 0.481. The molecule has 1 aliphatic carbocycles. The summed E-state index contributed by atoms with van der Waals surface area (Å²) in [5.74, 6) is 0.328. The molecule has 0 bridgehead atoms. The van der Waals surface area contributed by atoms with E-state index in [2.05, 4.69) is 15.3 Å². The van der Waals surface area contributed by atoms with Crippen LogP contribution in [0.2, 0.25) is 0 Å². The number of aliphatic hydroxyl groups excluding tert-OH is 1. The van der Waals surface area contributed by atoms with E-state index in [4.69, 9.17) is 9.72 Å². The molecule has 7 nitrogen and oxygen atoms in total. The van der Waals surface area contributed by atoms with Gasteiger partial charge in [-0.2, -0.15) is 0 Å². The lowest BCUT2D eigenvalue weighted by Crippen LogP contribution is -2.34. The summed E-state index contributed by atoms with van der Waals surface area (Å²) in [5, 5.41) is 24.5. The number of aryl methyl sites for hydroxylation is 1. The van der Waals surface area contributed by atoms with Crippen LogP contribution in [0, 0.1) is 12.7 Å². The molecule has 3 aromatic rings. The molecule has 0 saturated heterocycles. The van der Waals surface area contributed by atoms with Crippen molar-refractivity contribution in [2.45, 2.75) is 70.1 Å². The minimum atomic E-state index is -2.93. The van der Waals surface area contributed by atoms with Gasteiger partial charge in [-0.1, -0.05) is 18.2 Å². The van der Waals surface area contributed by atoms with Gasteiger partial charge in [-0.25, -0.2) is 28.1 Å².